The molecule has 0 aliphatic carbocycles. The van der Waals surface area contributed by atoms with Crippen molar-refractivity contribution in [2.45, 2.75) is 25.6 Å². The molecule has 1 N–H and O–H groups in total. The number of halogens is 2. The fourth-order valence-corrected chi connectivity index (χ4v) is 4.77. The second-order valence-electron chi connectivity index (χ2n) is 4.03. The maximum absolute atomic E-state index is 11.5. The van der Waals surface area contributed by atoms with Gasteiger partial charge in [-0.15, -0.1) is 11.3 Å². The minimum atomic E-state index is -0.492. The number of amides is 1. The van der Waals surface area contributed by atoms with E-state index in [1.54, 1.807) is 16.9 Å². The Labute approximate surface area is 139 Å². The molecule has 2 rings (SSSR count). The number of carbonyl (C=O) groups excluding carboxylic acids is 1. The average molecular weight is 374 g/mol. The molecular weight excluding hydrogens is 361 g/mol. The minimum absolute atomic E-state index is 0.116. The fraction of sp³-hybridized carbons (Fsp3) is 0.545. The van der Waals surface area contributed by atoms with E-state index in [9.17, 15) is 4.79 Å². The van der Waals surface area contributed by atoms with E-state index in [-0.39, 0.29) is 6.61 Å². The van der Waals surface area contributed by atoms with Crippen molar-refractivity contribution < 1.29 is 14.3 Å². The first-order chi connectivity index (χ1) is 9.65. The van der Waals surface area contributed by atoms with Crippen molar-refractivity contribution in [3.05, 3.63) is 20.3 Å². The molecule has 1 atom stereocenters. The van der Waals surface area contributed by atoms with Crippen molar-refractivity contribution in [3.8, 4) is 0 Å². The Morgan fingerprint density at radius 2 is 2.45 bits per heavy atom. The van der Waals surface area contributed by atoms with Crippen molar-refractivity contribution in [2.75, 3.05) is 12.4 Å². The Morgan fingerprint density at radius 1 is 1.60 bits per heavy atom. The third-order valence-electron chi connectivity index (χ3n) is 2.55. The summed E-state index contributed by atoms with van der Waals surface area (Å²) in [6.45, 7) is 0.959. The zero-order valence-corrected chi connectivity index (χ0v) is 14.4. The molecule has 2 heterocycles. The lowest BCUT2D eigenvalue weighted by molar-refractivity contribution is 0.129. The summed E-state index contributed by atoms with van der Waals surface area (Å²) in [7, 11) is 2.79. The number of ether oxygens (including phenoxy) is 2. The molecule has 1 aromatic rings. The number of rotatable bonds is 6. The van der Waals surface area contributed by atoms with Gasteiger partial charge in [0.2, 0.25) is 0 Å². The summed E-state index contributed by atoms with van der Waals surface area (Å²) >= 11 is 13.0. The van der Waals surface area contributed by atoms with E-state index in [0.29, 0.717) is 20.3 Å². The fourth-order valence-electron chi connectivity index (χ4n) is 1.59. The van der Waals surface area contributed by atoms with Crippen molar-refractivity contribution in [3.63, 3.8) is 0 Å². The van der Waals surface area contributed by atoms with Gasteiger partial charge in [-0.2, -0.15) is 0 Å². The van der Waals surface area contributed by atoms with Crippen LogP contribution >= 0.6 is 56.3 Å². The van der Waals surface area contributed by atoms with Crippen LogP contribution in [0.2, 0.25) is 8.67 Å². The summed E-state index contributed by atoms with van der Waals surface area (Å²) in [6, 6.07) is 1.70. The van der Waals surface area contributed by atoms with Crippen LogP contribution in [0.15, 0.2) is 6.07 Å². The normalized spacial score (nSPS) is 18.2. The van der Waals surface area contributed by atoms with Crippen LogP contribution in [0.25, 0.3) is 0 Å². The molecule has 0 spiro atoms. The maximum atomic E-state index is 11.5. The monoisotopic (exact) mass is 373 g/mol. The van der Waals surface area contributed by atoms with Crippen molar-refractivity contribution in [2.24, 2.45) is 0 Å². The number of hydrogen-bond acceptors (Lipinski definition) is 6. The number of thiophene rings is 1. The van der Waals surface area contributed by atoms with Gasteiger partial charge in [-0.3, -0.25) is 4.72 Å². The van der Waals surface area contributed by atoms with Crippen molar-refractivity contribution in [1.29, 1.82) is 0 Å². The molecule has 1 unspecified atom stereocenters. The predicted molar refractivity (Wildman–Crippen MR) is 86.7 cm³/mol. The molecule has 0 aromatic carbocycles. The summed E-state index contributed by atoms with van der Waals surface area (Å²) in [5.41, 5.74) is 0.717. The van der Waals surface area contributed by atoms with E-state index in [1.165, 1.54) is 22.3 Å². The van der Waals surface area contributed by atoms with Crippen LogP contribution in [0, 0.1) is 0 Å². The van der Waals surface area contributed by atoms with Gasteiger partial charge in [-0.1, -0.05) is 34.0 Å². The quantitative estimate of drug-likeness (QED) is 0.442. The molecule has 1 aliphatic heterocycles. The molecule has 1 aliphatic rings. The van der Waals surface area contributed by atoms with Gasteiger partial charge >= 0.3 is 6.09 Å². The molecular formula is C11H13Cl2NO3S3. The highest BCUT2D eigenvalue weighted by atomic mass is 35.5. The van der Waals surface area contributed by atoms with Crippen molar-refractivity contribution >= 4 is 62.4 Å². The summed E-state index contributed by atoms with van der Waals surface area (Å²) in [6.07, 6.45) is 2.02. The highest BCUT2D eigenvalue weighted by molar-refractivity contribution is 8.76. The number of nitrogens with one attached hydrogen (secondary N) is 1. The third kappa shape index (κ3) is 5.54. The second kappa shape index (κ2) is 8.60. The van der Waals surface area contributed by atoms with Crippen LogP contribution in [0.3, 0.4) is 0 Å². The molecule has 0 radical (unpaired) electrons. The van der Waals surface area contributed by atoms with Crippen LogP contribution in [0.5, 0.6) is 0 Å². The summed E-state index contributed by atoms with van der Waals surface area (Å²) < 4.78 is 14.2. The standard InChI is InChI=1S/C11H13Cl2NO3S3/c12-9-4-7(10(13)19-9)5-17-11(15)14-20-18-6-8-2-1-3-16-8/h4,8H,1-3,5-6H2,(H,14,15). The average Bonchev–Trinajstić information content (AvgIpc) is 3.02. The molecule has 20 heavy (non-hydrogen) atoms. The maximum Gasteiger partial charge on any atom is 0.418 e. The first-order valence-corrected chi connectivity index (χ1v) is 9.81. The minimum Gasteiger partial charge on any atom is -0.444 e. The van der Waals surface area contributed by atoms with Crippen LogP contribution in [-0.2, 0) is 16.1 Å². The topological polar surface area (TPSA) is 47.6 Å². The highest BCUT2D eigenvalue weighted by Gasteiger charge is 2.15. The Kier molecular flexibility index (Phi) is 7.13. The van der Waals surface area contributed by atoms with Crippen LogP contribution in [0.1, 0.15) is 18.4 Å². The lowest BCUT2D eigenvalue weighted by atomic mass is 10.3. The lowest BCUT2D eigenvalue weighted by Crippen LogP contribution is -2.16. The Morgan fingerprint density at radius 3 is 3.10 bits per heavy atom. The van der Waals surface area contributed by atoms with E-state index in [2.05, 4.69) is 4.72 Å². The van der Waals surface area contributed by atoms with Gasteiger partial charge in [0, 0.05) is 28.9 Å². The molecule has 4 nitrogen and oxygen atoms in total. The molecule has 1 fully saturated rings. The van der Waals surface area contributed by atoms with Crippen LogP contribution in [0.4, 0.5) is 4.79 Å². The van der Waals surface area contributed by atoms with Gasteiger partial charge in [0.1, 0.15) is 10.9 Å². The second-order valence-corrected chi connectivity index (χ2v) is 8.46. The van der Waals surface area contributed by atoms with Gasteiger partial charge in [0.05, 0.1) is 10.4 Å². The predicted octanol–water partition coefficient (Wildman–Crippen LogP) is 4.76. The molecule has 1 saturated heterocycles. The van der Waals surface area contributed by atoms with E-state index < -0.39 is 6.09 Å². The van der Waals surface area contributed by atoms with Gasteiger partial charge in [-0.05, 0) is 18.9 Å². The first kappa shape index (κ1) is 16.6. The Hall–Kier alpha value is 0.210. The zero-order valence-electron chi connectivity index (χ0n) is 10.4. The number of carbonyl (C=O) groups is 1. The third-order valence-corrected chi connectivity index (χ3v) is 6.00. The van der Waals surface area contributed by atoms with Gasteiger partial charge < -0.3 is 9.47 Å². The van der Waals surface area contributed by atoms with E-state index in [4.69, 9.17) is 32.7 Å². The van der Waals surface area contributed by atoms with Gasteiger partial charge in [-0.25, -0.2) is 4.79 Å². The molecule has 0 saturated carbocycles. The number of hydrogen-bond donors (Lipinski definition) is 1. The Bertz CT molecular complexity index is 452. The molecule has 9 heteroatoms. The molecule has 0 bridgehead atoms. The summed E-state index contributed by atoms with van der Waals surface area (Å²) in [4.78, 5) is 11.5. The molecule has 1 aromatic heterocycles. The summed E-state index contributed by atoms with van der Waals surface area (Å²) in [5.74, 6) is 0.858. The van der Waals surface area contributed by atoms with E-state index >= 15 is 0 Å². The Balaban J connectivity index is 1.57. The zero-order chi connectivity index (χ0) is 14.4. The largest absolute Gasteiger partial charge is 0.444 e. The summed E-state index contributed by atoms with van der Waals surface area (Å²) in [5, 5.41) is 0. The van der Waals surface area contributed by atoms with Crippen LogP contribution < -0.4 is 4.72 Å². The molecule has 112 valence electrons. The smallest absolute Gasteiger partial charge is 0.418 e. The molecule has 1 amide bonds. The van der Waals surface area contributed by atoms with E-state index in [0.717, 1.165) is 25.2 Å². The highest BCUT2D eigenvalue weighted by Crippen LogP contribution is 2.31. The van der Waals surface area contributed by atoms with E-state index in [1.807, 2.05) is 0 Å². The van der Waals surface area contributed by atoms with Gasteiger partial charge in [0.25, 0.3) is 0 Å². The lowest BCUT2D eigenvalue weighted by Gasteiger charge is -2.08. The SMILES string of the molecule is O=C(NSSCC1CCCO1)OCc1cc(Cl)sc1Cl. The first-order valence-electron chi connectivity index (χ1n) is 5.91. The van der Waals surface area contributed by atoms with Crippen LogP contribution in [-0.4, -0.2) is 24.6 Å². The van der Waals surface area contributed by atoms with Gasteiger partial charge in [0.15, 0.2) is 0 Å². The van der Waals surface area contributed by atoms with Crippen molar-refractivity contribution in [1.82, 2.24) is 4.72 Å².